The Morgan fingerprint density at radius 2 is 1.76 bits per heavy atom. The lowest BCUT2D eigenvalue weighted by Crippen LogP contribution is -2.42. The van der Waals surface area contributed by atoms with E-state index >= 15 is 0 Å². The van der Waals surface area contributed by atoms with Crippen LogP contribution in [0.2, 0.25) is 5.02 Å². The Bertz CT molecular complexity index is 1210. The van der Waals surface area contributed by atoms with Gasteiger partial charge in [0.2, 0.25) is 5.91 Å². The zero-order chi connectivity index (χ0) is 23.7. The van der Waals surface area contributed by atoms with Crippen molar-refractivity contribution in [3.05, 3.63) is 82.4 Å². The molecule has 0 bridgehead atoms. The van der Waals surface area contributed by atoms with Gasteiger partial charge in [-0.15, -0.1) is 0 Å². The number of nitrogens with one attached hydrogen (secondary N) is 2. The fourth-order valence-corrected chi connectivity index (χ4v) is 5.14. The maximum atomic E-state index is 12.7. The number of likely N-dealkylation sites (tertiary alicyclic amines) is 1. The number of carbonyl (C=O) groups excluding carboxylic acids is 1. The third-order valence-electron chi connectivity index (χ3n) is 6.73. The summed E-state index contributed by atoms with van der Waals surface area (Å²) in [4.78, 5) is 14.9. The molecule has 1 heterocycles. The predicted molar refractivity (Wildman–Crippen MR) is 135 cm³/mol. The van der Waals surface area contributed by atoms with Gasteiger partial charge in [-0.2, -0.15) is 0 Å². The average molecular weight is 478 g/mol. The molecule has 3 aromatic rings. The van der Waals surface area contributed by atoms with Crippen molar-refractivity contribution in [1.82, 2.24) is 4.90 Å². The number of fused-ring (bicyclic) bond motifs is 3. The second-order valence-corrected chi connectivity index (χ2v) is 9.43. The molecule has 1 amide bonds. The fourth-order valence-electron chi connectivity index (χ4n) is 4.95. The summed E-state index contributed by atoms with van der Waals surface area (Å²) in [6.07, 6.45) is 1.20. The first-order valence-corrected chi connectivity index (χ1v) is 12.0. The van der Waals surface area contributed by atoms with Crippen molar-refractivity contribution in [2.45, 2.75) is 31.6 Å². The summed E-state index contributed by atoms with van der Waals surface area (Å²) in [5.74, 6) is -0.0431. The van der Waals surface area contributed by atoms with Gasteiger partial charge >= 0.3 is 0 Å². The molecule has 1 unspecified atom stereocenters. The molecule has 5 rings (SSSR count). The number of aliphatic hydroxyl groups excluding tert-OH is 2. The Morgan fingerprint density at radius 1 is 1.00 bits per heavy atom. The lowest BCUT2D eigenvalue weighted by atomic mass is 10.0. The second-order valence-electron chi connectivity index (χ2n) is 8.99. The first-order chi connectivity index (χ1) is 16.5. The van der Waals surface area contributed by atoms with E-state index in [0.29, 0.717) is 11.6 Å². The van der Waals surface area contributed by atoms with Crippen molar-refractivity contribution in [1.29, 1.82) is 0 Å². The average Bonchev–Trinajstić information content (AvgIpc) is 3.13. The zero-order valence-electron chi connectivity index (χ0n) is 18.8. The molecule has 1 aliphatic carbocycles. The number of anilines is 2. The highest BCUT2D eigenvalue weighted by molar-refractivity contribution is 6.30. The van der Waals surface area contributed by atoms with Crippen LogP contribution in [-0.2, 0) is 11.4 Å². The standard InChI is InChI=1S/C27H28ClN3O3/c28-18-5-8-25(17(13-18)16-32)29-19-9-11-31(12-10-19)15-26(33)30-20-6-7-23-24(14-20)21-3-1-2-4-22(21)27(23)34/h1-8,13-14,19,27,29,32,34H,9-12,15-16H2,(H,30,33). The molecule has 0 saturated carbocycles. The van der Waals surface area contributed by atoms with Crippen molar-refractivity contribution in [2.24, 2.45) is 0 Å². The number of hydrogen-bond acceptors (Lipinski definition) is 5. The van der Waals surface area contributed by atoms with Gasteiger partial charge in [-0.1, -0.05) is 41.9 Å². The minimum Gasteiger partial charge on any atom is -0.392 e. The first-order valence-electron chi connectivity index (χ1n) is 11.6. The molecule has 6 nitrogen and oxygen atoms in total. The minimum atomic E-state index is -0.618. The highest BCUT2D eigenvalue weighted by atomic mass is 35.5. The molecule has 0 aromatic heterocycles. The summed E-state index contributed by atoms with van der Waals surface area (Å²) < 4.78 is 0. The van der Waals surface area contributed by atoms with Crippen molar-refractivity contribution in [2.75, 3.05) is 30.3 Å². The summed E-state index contributed by atoms with van der Waals surface area (Å²) in [6.45, 7) is 1.91. The van der Waals surface area contributed by atoms with E-state index in [1.54, 1.807) is 6.07 Å². The number of amides is 1. The zero-order valence-corrected chi connectivity index (χ0v) is 19.6. The van der Waals surface area contributed by atoms with E-state index in [4.69, 9.17) is 11.6 Å². The van der Waals surface area contributed by atoms with Gasteiger partial charge in [-0.05, 0) is 65.4 Å². The van der Waals surface area contributed by atoms with Gasteiger partial charge < -0.3 is 20.8 Å². The number of rotatable bonds is 6. The van der Waals surface area contributed by atoms with E-state index in [-0.39, 0.29) is 18.6 Å². The molecular weight excluding hydrogens is 450 g/mol. The molecule has 0 radical (unpaired) electrons. The van der Waals surface area contributed by atoms with Crippen LogP contribution < -0.4 is 10.6 Å². The van der Waals surface area contributed by atoms with E-state index in [1.165, 1.54) is 0 Å². The van der Waals surface area contributed by atoms with Crippen LogP contribution in [0.5, 0.6) is 0 Å². The Balaban J connectivity index is 1.15. The van der Waals surface area contributed by atoms with E-state index in [2.05, 4.69) is 15.5 Å². The SMILES string of the molecule is O=C(CN1CCC(Nc2ccc(Cl)cc2CO)CC1)Nc1ccc2c(c1)-c1ccccc1C2O. The molecular formula is C27H28ClN3O3. The fraction of sp³-hybridized carbons (Fsp3) is 0.296. The van der Waals surface area contributed by atoms with Crippen LogP contribution >= 0.6 is 11.6 Å². The maximum Gasteiger partial charge on any atom is 0.238 e. The van der Waals surface area contributed by atoms with Crippen LogP contribution in [0, 0.1) is 0 Å². The topological polar surface area (TPSA) is 84.8 Å². The lowest BCUT2D eigenvalue weighted by Gasteiger charge is -2.32. The van der Waals surface area contributed by atoms with Gasteiger partial charge in [0.1, 0.15) is 6.10 Å². The summed E-state index contributed by atoms with van der Waals surface area (Å²) in [7, 11) is 0. The van der Waals surface area contributed by atoms with Gasteiger partial charge in [0.15, 0.2) is 0 Å². The quantitative estimate of drug-likeness (QED) is 0.422. The number of halogens is 1. The van der Waals surface area contributed by atoms with Crippen molar-refractivity contribution >= 4 is 28.9 Å². The number of aliphatic hydroxyl groups is 2. The smallest absolute Gasteiger partial charge is 0.238 e. The predicted octanol–water partition coefficient (Wildman–Crippen LogP) is 4.41. The molecule has 7 heteroatoms. The van der Waals surface area contributed by atoms with E-state index in [1.807, 2.05) is 54.6 Å². The van der Waals surface area contributed by atoms with E-state index in [0.717, 1.165) is 65.1 Å². The lowest BCUT2D eigenvalue weighted by molar-refractivity contribution is -0.117. The highest BCUT2D eigenvalue weighted by Crippen LogP contribution is 2.44. The number of hydrogen-bond donors (Lipinski definition) is 4. The monoisotopic (exact) mass is 477 g/mol. The van der Waals surface area contributed by atoms with Crippen LogP contribution in [0.1, 0.15) is 35.6 Å². The van der Waals surface area contributed by atoms with E-state index < -0.39 is 6.10 Å². The Hall–Kier alpha value is -2.90. The van der Waals surface area contributed by atoms with Gasteiger partial charge in [0.25, 0.3) is 0 Å². The summed E-state index contributed by atoms with van der Waals surface area (Å²) in [5, 5.41) is 27.3. The summed E-state index contributed by atoms with van der Waals surface area (Å²) in [6, 6.07) is 19.3. The highest BCUT2D eigenvalue weighted by Gasteiger charge is 2.27. The van der Waals surface area contributed by atoms with Crippen LogP contribution in [-0.4, -0.2) is 46.7 Å². The van der Waals surface area contributed by atoms with E-state index in [9.17, 15) is 15.0 Å². The van der Waals surface area contributed by atoms with Crippen molar-refractivity contribution in [3.8, 4) is 11.1 Å². The number of benzene rings is 3. The van der Waals surface area contributed by atoms with Crippen LogP contribution in [0.15, 0.2) is 60.7 Å². The molecule has 1 atom stereocenters. The number of carbonyl (C=O) groups is 1. The van der Waals surface area contributed by atoms with Crippen LogP contribution in [0.3, 0.4) is 0 Å². The molecule has 34 heavy (non-hydrogen) atoms. The third-order valence-corrected chi connectivity index (χ3v) is 6.96. The molecule has 2 aliphatic rings. The Morgan fingerprint density at radius 3 is 2.56 bits per heavy atom. The molecule has 176 valence electrons. The number of nitrogens with zero attached hydrogens (tertiary/aromatic N) is 1. The Labute approximate surface area is 204 Å². The van der Waals surface area contributed by atoms with Gasteiger partial charge in [-0.25, -0.2) is 0 Å². The maximum absolute atomic E-state index is 12.7. The van der Waals surface area contributed by atoms with Gasteiger partial charge in [0, 0.05) is 41.1 Å². The number of piperidine rings is 1. The van der Waals surface area contributed by atoms with Crippen LogP contribution in [0.4, 0.5) is 11.4 Å². The molecule has 1 aliphatic heterocycles. The minimum absolute atomic E-state index is 0.0431. The van der Waals surface area contributed by atoms with Crippen molar-refractivity contribution in [3.63, 3.8) is 0 Å². The largest absolute Gasteiger partial charge is 0.392 e. The third kappa shape index (κ3) is 4.68. The normalized spacial score (nSPS) is 17.8. The first kappa shape index (κ1) is 22.9. The summed E-state index contributed by atoms with van der Waals surface area (Å²) in [5.41, 5.74) is 6.20. The molecule has 0 spiro atoms. The molecule has 1 fully saturated rings. The van der Waals surface area contributed by atoms with Gasteiger partial charge in [0.05, 0.1) is 13.2 Å². The molecule has 1 saturated heterocycles. The summed E-state index contributed by atoms with van der Waals surface area (Å²) >= 11 is 6.03. The molecule has 4 N–H and O–H groups in total. The van der Waals surface area contributed by atoms with Crippen LogP contribution in [0.25, 0.3) is 11.1 Å². The second kappa shape index (κ2) is 9.76. The molecule has 3 aromatic carbocycles. The Kier molecular flexibility index (Phi) is 6.57. The van der Waals surface area contributed by atoms with Gasteiger partial charge in [-0.3, -0.25) is 9.69 Å². The van der Waals surface area contributed by atoms with Crippen molar-refractivity contribution < 1.29 is 15.0 Å².